The van der Waals surface area contributed by atoms with E-state index in [4.69, 9.17) is 14.0 Å². The van der Waals surface area contributed by atoms with Crippen LogP contribution in [0.5, 0.6) is 11.5 Å². The van der Waals surface area contributed by atoms with Crippen LogP contribution >= 0.6 is 0 Å². The number of ether oxygens (including phenoxy) is 1. The number of rotatable bonds is 5. The number of hydroxylamine groups is 2. The van der Waals surface area contributed by atoms with Crippen molar-refractivity contribution in [1.29, 1.82) is 0 Å². The van der Waals surface area contributed by atoms with Crippen molar-refractivity contribution < 1.29 is 46.3 Å². The summed E-state index contributed by atoms with van der Waals surface area (Å²) in [5.74, 6) is -2.11. The molecule has 4 aromatic carbocycles. The van der Waals surface area contributed by atoms with Crippen LogP contribution in [0.4, 0.5) is 30.2 Å². The van der Waals surface area contributed by atoms with E-state index in [0.717, 1.165) is 56.5 Å². The van der Waals surface area contributed by atoms with Crippen molar-refractivity contribution >= 4 is 51.7 Å². The standard InChI is InChI=1S/C41H29F3N4O8/c42-41(43,44)31-21-37(51)55-32-20-25(4-8-26(31)32)47-38(52)27-7-3-22(39(53)56-48-35(49)11-12-36(48)50)17-30(27)40(47)28-9-5-23(45-13-1-14-45)18-33(28)54-34-19-24(6-10-29(34)40)46-15-2-16-46/h3-10,17-21H,1-2,11-16H2. The smallest absolute Gasteiger partial charge is 0.417 e. The van der Waals surface area contributed by atoms with Gasteiger partial charge in [0.2, 0.25) is 0 Å². The first-order valence-electron chi connectivity index (χ1n) is 18.1. The second kappa shape index (κ2) is 11.9. The van der Waals surface area contributed by atoms with Crippen LogP contribution in [0.25, 0.3) is 11.0 Å². The zero-order valence-electron chi connectivity index (χ0n) is 29.4. The Kier molecular flexibility index (Phi) is 7.22. The van der Waals surface area contributed by atoms with Crippen LogP contribution in [0, 0.1) is 0 Å². The molecule has 0 saturated carbocycles. The molecule has 15 heteroatoms. The Morgan fingerprint density at radius 1 is 0.696 bits per heavy atom. The fourth-order valence-electron chi connectivity index (χ4n) is 8.31. The van der Waals surface area contributed by atoms with Gasteiger partial charge < -0.3 is 23.8 Å². The molecule has 0 radical (unpaired) electrons. The molecule has 5 aliphatic rings. The summed E-state index contributed by atoms with van der Waals surface area (Å²) in [7, 11) is 0. The molecule has 5 aliphatic heterocycles. The monoisotopic (exact) mass is 762 g/mol. The number of imide groups is 1. The van der Waals surface area contributed by atoms with E-state index in [1.807, 2.05) is 36.4 Å². The van der Waals surface area contributed by atoms with Gasteiger partial charge in [-0.1, -0.05) is 12.1 Å². The summed E-state index contributed by atoms with van der Waals surface area (Å²) >= 11 is 0. The largest absolute Gasteiger partial charge is 0.456 e. The molecule has 282 valence electrons. The average molecular weight is 763 g/mol. The quantitative estimate of drug-likeness (QED) is 0.144. The molecule has 0 atom stereocenters. The lowest BCUT2D eigenvalue weighted by atomic mass is 9.74. The Hall–Kier alpha value is -6.64. The molecule has 5 aromatic rings. The van der Waals surface area contributed by atoms with E-state index >= 15 is 4.79 Å². The van der Waals surface area contributed by atoms with Crippen molar-refractivity contribution in [2.45, 2.75) is 37.4 Å². The fraction of sp³-hybridized carbons (Fsp3) is 0.244. The molecule has 0 unspecified atom stereocenters. The summed E-state index contributed by atoms with van der Waals surface area (Å²) < 4.78 is 54.4. The summed E-state index contributed by atoms with van der Waals surface area (Å²) in [6.07, 6.45) is -3.05. The Balaban J connectivity index is 1.23. The number of halogens is 3. The Morgan fingerprint density at radius 3 is 1.88 bits per heavy atom. The van der Waals surface area contributed by atoms with Crippen LogP contribution in [0.2, 0.25) is 0 Å². The predicted octanol–water partition coefficient (Wildman–Crippen LogP) is 6.51. The minimum atomic E-state index is -4.87. The highest BCUT2D eigenvalue weighted by atomic mass is 19.4. The number of hydrogen-bond donors (Lipinski definition) is 0. The van der Waals surface area contributed by atoms with Crippen molar-refractivity contribution in [3.63, 3.8) is 0 Å². The van der Waals surface area contributed by atoms with Crippen LogP contribution in [-0.4, -0.2) is 54.9 Å². The maximum Gasteiger partial charge on any atom is 0.417 e. The van der Waals surface area contributed by atoms with Crippen LogP contribution < -0.4 is 25.1 Å². The van der Waals surface area contributed by atoms with E-state index in [0.29, 0.717) is 39.3 Å². The molecule has 0 bridgehead atoms. The average Bonchev–Trinajstić information content (AvgIpc) is 3.57. The van der Waals surface area contributed by atoms with E-state index in [-0.39, 0.29) is 40.6 Å². The summed E-state index contributed by atoms with van der Waals surface area (Å²) in [5.41, 5.74) is -1.20. The molecule has 10 rings (SSSR count). The van der Waals surface area contributed by atoms with E-state index in [1.54, 1.807) is 0 Å². The highest BCUT2D eigenvalue weighted by molar-refractivity contribution is 6.15. The first-order chi connectivity index (χ1) is 26.9. The van der Waals surface area contributed by atoms with Crippen molar-refractivity contribution in [2.24, 2.45) is 0 Å². The highest BCUT2D eigenvalue weighted by Crippen LogP contribution is 2.60. The molecule has 3 saturated heterocycles. The number of fused-ring (bicyclic) bond motifs is 7. The van der Waals surface area contributed by atoms with Crippen LogP contribution in [-0.2, 0) is 26.1 Å². The molecule has 56 heavy (non-hydrogen) atoms. The van der Waals surface area contributed by atoms with Gasteiger partial charge in [0.05, 0.1) is 11.1 Å². The van der Waals surface area contributed by atoms with Gasteiger partial charge in [0, 0.05) is 108 Å². The Labute approximate surface area is 315 Å². The predicted molar refractivity (Wildman–Crippen MR) is 194 cm³/mol. The van der Waals surface area contributed by atoms with Crippen molar-refractivity contribution in [2.75, 3.05) is 40.9 Å². The molecule has 6 heterocycles. The van der Waals surface area contributed by atoms with Crippen molar-refractivity contribution in [1.82, 2.24) is 5.06 Å². The molecule has 1 aromatic heterocycles. The van der Waals surface area contributed by atoms with Gasteiger partial charge in [-0.2, -0.15) is 13.2 Å². The summed E-state index contributed by atoms with van der Waals surface area (Å²) in [6, 6.07) is 19.6. The van der Waals surface area contributed by atoms with Gasteiger partial charge >= 0.3 is 17.8 Å². The Bertz CT molecular complexity index is 2570. The lowest BCUT2D eigenvalue weighted by molar-refractivity contribution is -0.172. The number of carbonyl (C=O) groups is 4. The zero-order chi connectivity index (χ0) is 38.7. The van der Waals surface area contributed by atoms with Gasteiger partial charge in [0.25, 0.3) is 17.7 Å². The van der Waals surface area contributed by atoms with Crippen molar-refractivity contribution in [3.05, 3.63) is 123 Å². The minimum Gasteiger partial charge on any atom is -0.456 e. The van der Waals surface area contributed by atoms with Gasteiger partial charge in [0.15, 0.2) is 0 Å². The number of anilines is 3. The normalized spacial score (nSPS) is 18.1. The molecule has 0 N–H and O–H groups in total. The number of hydrogen-bond acceptors (Lipinski definition) is 10. The number of alkyl halides is 3. The maximum absolute atomic E-state index is 15.0. The molecule has 1 spiro atoms. The first kappa shape index (κ1) is 33.9. The Morgan fingerprint density at radius 2 is 1.30 bits per heavy atom. The maximum atomic E-state index is 15.0. The van der Waals surface area contributed by atoms with Crippen molar-refractivity contribution in [3.8, 4) is 11.5 Å². The van der Waals surface area contributed by atoms with E-state index in [9.17, 15) is 32.3 Å². The third-order valence-corrected chi connectivity index (χ3v) is 11.3. The lowest BCUT2D eigenvalue weighted by Crippen LogP contribution is -2.48. The molecular formula is C41H29F3N4O8. The number of benzene rings is 4. The van der Waals surface area contributed by atoms with Crippen LogP contribution in [0.1, 0.15) is 68.7 Å². The molecule has 12 nitrogen and oxygen atoms in total. The molecular weight excluding hydrogens is 733 g/mol. The molecule has 3 amide bonds. The first-order valence-corrected chi connectivity index (χ1v) is 18.1. The SMILES string of the molecule is O=C(ON1C(=O)CCC1=O)c1ccc2c(c1)C1(c3ccc(N4CCC4)cc3Oc3cc(N4CCC4)ccc31)N(c1ccc3c(C(F)(F)F)cc(=O)oc3c1)C2=O. The summed E-state index contributed by atoms with van der Waals surface area (Å²) in [6.45, 7) is 3.34. The third-order valence-electron chi connectivity index (χ3n) is 11.3. The summed E-state index contributed by atoms with van der Waals surface area (Å²) in [4.78, 5) is 76.9. The van der Waals surface area contributed by atoms with Gasteiger partial charge in [-0.15, -0.1) is 5.06 Å². The van der Waals surface area contributed by atoms with Gasteiger partial charge in [-0.05, 0) is 55.3 Å². The lowest BCUT2D eigenvalue weighted by Gasteiger charge is -2.45. The van der Waals surface area contributed by atoms with Crippen LogP contribution in [0.3, 0.4) is 0 Å². The third kappa shape index (κ3) is 4.88. The highest BCUT2D eigenvalue weighted by Gasteiger charge is 2.57. The van der Waals surface area contributed by atoms with Crippen LogP contribution in [0.15, 0.2) is 88.1 Å². The number of nitrogens with zero attached hydrogens (tertiary/aromatic N) is 4. The second-order valence-corrected chi connectivity index (χ2v) is 14.4. The second-order valence-electron chi connectivity index (χ2n) is 14.4. The molecule has 3 fully saturated rings. The minimum absolute atomic E-state index is 0.0754. The topological polar surface area (TPSA) is 130 Å². The summed E-state index contributed by atoms with van der Waals surface area (Å²) in [5, 5.41) is 0.0652. The molecule has 0 aliphatic carbocycles. The zero-order valence-corrected chi connectivity index (χ0v) is 29.4. The van der Waals surface area contributed by atoms with Gasteiger partial charge in [0.1, 0.15) is 22.6 Å². The van der Waals surface area contributed by atoms with Gasteiger partial charge in [-0.25, -0.2) is 9.59 Å². The fourth-order valence-corrected chi connectivity index (χ4v) is 8.31. The number of amides is 3. The van der Waals surface area contributed by atoms with E-state index < -0.39 is 46.6 Å². The van der Waals surface area contributed by atoms with E-state index in [1.165, 1.54) is 35.2 Å². The number of carbonyl (C=O) groups excluding carboxylic acids is 4. The van der Waals surface area contributed by atoms with E-state index in [2.05, 4.69) is 9.80 Å². The van der Waals surface area contributed by atoms with Gasteiger partial charge in [-0.3, -0.25) is 19.3 Å².